The molecule has 2 aromatic heterocycles. The third kappa shape index (κ3) is 4.45. The highest BCUT2D eigenvalue weighted by atomic mass is 32.2. The fourth-order valence-electron chi connectivity index (χ4n) is 3.16. The summed E-state index contributed by atoms with van der Waals surface area (Å²) in [5.41, 5.74) is 2.18. The topological polar surface area (TPSA) is 68.1 Å². The Kier molecular flexibility index (Phi) is 6.29. The van der Waals surface area contributed by atoms with Crippen LogP contribution in [0.4, 0.5) is 10.8 Å². The summed E-state index contributed by atoms with van der Waals surface area (Å²) in [5.74, 6) is 0.426. The number of aromatic nitrogens is 3. The van der Waals surface area contributed by atoms with Gasteiger partial charge in [-0.1, -0.05) is 48.2 Å². The number of hydrogen-bond acceptors (Lipinski definition) is 6. The van der Waals surface area contributed by atoms with E-state index in [4.69, 9.17) is 0 Å². The lowest BCUT2D eigenvalue weighted by atomic mass is 10.2. The third-order valence-electron chi connectivity index (χ3n) is 4.55. The number of rotatable bonds is 7. The number of anilines is 2. The molecule has 0 aliphatic heterocycles. The van der Waals surface area contributed by atoms with Gasteiger partial charge in [0.25, 0.3) is 5.56 Å². The summed E-state index contributed by atoms with van der Waals surface area (Å²) in [5, 5.41) is 3.75. The molecule has 6 nitrogen and oxygen atoms in total. The molecule has 0 radical (unpaired) electrons. The van der Waals surface area contributed by atoms with Gasteiger partial charge in [0.2, 0.25) is 5.91 Å². The van der Waals surface area contributed by atoms with Crippen LogP contribution in [-0.4, -0.2) is 20.4 Å². The van der Waals surface area contributed by atoms with Crippen molar-refractivity contribution in [3.05, 3.63) is 88.7 Å². The Morgan fingerprint density at radius 3 is 2.65 bits per heavy atom. The van der Waals surface area contributed by atoms with Gasteiger partial charge >= 0.3 is 0 Å². The number of amides is 1. The van der Waals surface area contributed by atoms with Gasteiger partial charge in [-0.25, -0.2) is 9.97 Å². The molecule has 0 saturated heterocycles. The maximum absolute atomic E-state index is 12.9. The van der Waals surface area contributed by atoms with Gasteiger partial charge < -0.3 is 0 Å². The highest BCUT2D eigenvalue weighted by Crippen LogP contribution is 2.31. The van der Waals surface area contributed by atoms with Crippen LogP contribution in [0.25, 0.3) is 10.9 Å². The standard InChI is InChI=1S/C23H20N4O2S2/c1-3-13-26-21(29)19-11-7-8-12-20(19)25-22(26)30-14-17-15-31-23(24-17)27(16(2)28)18-9-5-4-6-10-18/h3-12,15H,1,13-14H2,2H3. The Balaban J connectivity index is 1.61. The van der Waals surface area contributed by atoms with Crippen molar-refractivity contribution in [1.29, 1.82) is 0 Å². The molecule has 1 amide bonds. The first-order chi connectivity index (χ1) is 15.1. The average molecular weight is 449 g/mol. The van der Waals surface area contributed by atoms with Crippen LogP contribution in [0.2, 0.25) is 0 Å². The Morgan fingerprint density at radius 1 is 1.16 bits per heavy atom. The van der Waals surface area contributed by atoms with Gasteiger partial charge in [0, 0.05) is 24.6 Å². The molecule has 0 saturated carbocycles. The van der Waals surface area contributed by atoms with Crippen molar-refractivity contribution in [3.8, 4) is 0 Å². The van der Waals surface area contributed by atoms with E-state index in [1.54, 1.807) is 21.6 Å². The van der Waals surface area contributed by atoms with E-state index in [-0.39, 0.29) is 11.5 Å². The molecular weight excluding hydrogens is 428 g/mol. The number of thioether (sulfide) groups is 1. The van der Waals surface area contributed by atoms with Gasteiger partial charge in [0.05, 0.1) is 22.3 Å². The predicted octanol–water partition coefficient (Wildman–Crippen LogP) is 5.02. The quantitative estimate of drug-likeness (QED) is 0.226. The van der Waals surface area contributed by atoms with E-state index in [0.29, 0.717) is 33.5 Å². The zero-order chi connectivity index (χ0) is 21.8. The van der Waals surface area contributed by atoms with E-state index in [9.17, 15) is 9.59 Å². The second-order valence-corrected chi connectivity index (χ2v) is 8.50. The van der Waals surface area contributed by atoms with Crippen LogP contribution < -0.4 is 10.5 Å². The number of carbonyl (C=O) groups excluding carboxylic acids is 1. The zero-order valence-electron chi connectivity index (χ0n) is 16.9. The van der Waals surface area contributed by atoms with Crippen molar-refractivity contribution in [2.75, 3.05) is 4.90 Å². The van der Waals surface area contributed by atoms with E-state index in [0.717, 1.165) is 11.4 Å². The van der Waals surface area contributed by atoms with E-state index in [1.807, 2.05) is 53.9 Å². The highest BCUT2D eigenvalue weighted by molar-refractivity contribution is 7.98. The first-order valence-corrected chi connectivity index (χ1v) is 11.5. The third-order valence-corrected chi connectivity index (χ3v) is 6.43. The van der Waals surface area contributed by atoms with Crippen LogP contribution in [0, 0.1) is 0 Å². The number of allylic oxidation sites excluding steroid dienone is 1. The molecule has 0 bridgehead atoms. The number of para-hydroxylation sites is 2. The monoisotopic (exact) mass is 448 g/mol. The molecule has 0 unspecified atom stereocenters. The van der Waals surface area contributed by atoms with Gasteiger partial charge in [-0.15, -0.1) is 17.9 Å². The normalized spacial score (nSPS) is 10.9. The second kappa shape index (κ2) is 9.28. The fraction of sp³-hybridized carbons (Fsp3) is 0.130. The summed E-state index contributed by atoms with van der Waals surface area (Å²) in [6.07, 6.45) is 1.69. The highest BCUT2D eigenvalue weighted by Gasteiger charge is 2.18. The molecule has 31 heavy (non-hydrogen) atoms. The Hall–Kier alpha value is -3.23. The maximum atomic E-state index is 12.9. The lowest BCUT2D eigenvalue weighted by Gasteiger charge is -2.17. The van der Waals surface area contributed by atoms with Crippen molar-refractivity contribution in [1.82, 2.24) is 14.5 Å². The molecule has 0 aliphatic rings. The van der Waals surface area contributed by atoms with Crippen molar-refractivity contribution < 1.29 is 4.79 Å². The molecule has 4 rings (SSSR count). The average Bonchev–Trinajstić information content (AvgIpc) is 3.23. The summed E-state index contributed by atoms with van der Waals surface area (Å²) < 4.78 is 1.62. The number of thiazole rings is 1. The molecule has 8 heteroatoms. The van der Waals surface area contributed by atoms with Gasteiger partial charge in [0.15, 0.2) is 10.3 Å². The molecule has 2 heterocycles. The first-order valence-electron chi connectivity index (χ1n) is 9.62. The molecule has 0 fully saturated rings. The summed E-state index contributed by atoms with van der Waals surface area (Å²) in [4.78, 5) is 36.0. The fourth-order valence-corrected chi connectivity index (χ4v) is 5.05. The van der Waals surface area contributed by atoms with Crippen LogP contribution in [-0.2, 0) is 17.1 Å². The van der Waals surface area contributed by atoms with Crippen LogP contribution >= 0.6 is 23.1 Å². The second-order valence-electron chi connectivity index (χ2n) is 6.72. The van der Waals surface area contributed by atoms with Crippen LogP contribution in [0.5, 0.6) is 0 Å². The van der Waals surface area contributed by atoms with E-state index in [2.05, 4.69) is 16.5 Å². The molecule has 2 aromatic carbocycles. The lowest BCUT2D eigenvalue weighted by molar-refractivity contribution is -0.115. The summed E-state index contributed by atoms with van der Waals surface area (Å²) >= 11 is 2.85. The Morgan fingerprint density at radius 2 is 1.90 bits per heavy atom. The molecule has 0 aliphatic carbocycles. The zero-order valence-corrected chi connectivity index (χ0v) is 18.5. The Bertz CT molecular complexity index is 1300. The lowest BCUT2D eigenvalue weighted by Crippen LogP contribution is -2.23. The van der Waals surface area contributed by atoms with Crippen LogP contribution in [0.1, 0.15) is 12.6 Å². The van der Waals surface area contributed by atoms with Gasteiger partial charge in [-0.3, -0.25) is 19.1 Å². The predicted molar refractivity (Wildman–Crippen MR) is 127 cm³/mol. The van der Waals surface area contributed by atoms with Crippen LogP contribution in [0.3, 0.4) is 0 Å². The van der Waals surface area contributed by atoms with E-state index in [1.165, 1.54) is 30.0 Å². The van der Waals surface area contributed by atoms with E-state index >= 15 is 0 Å². The van der Waals surface area contributed by atoms with Crippen molar-refractivity contribution in [2.24, 2.45) is 0 Å². The summed E-state index contributed by atoms with van der Waals surface area (Å²) in [7, 11) is 0. The number of fused-ring (bicyclic) bond motifs is 1. The van der Waals surface area contributed by atoms with E-state index < -0.39 is 0 Å². The molecule has 156 valence electrons. The number of benzene rings is 2. The summed E-state index contributed by atoms with van der Waals surface area (Å²) in [6.45, 7) is 5.67. The van der Waals surface area contributed by atoms with Gasteiger partial charge in [0.1, 0.15) is 0 Å². The largest absolute Gasteiger partial charge is 0.283 e. The number of hydrogen-bond donors (Lipinski definition) is 0. The molecule has 4 aromatic rings. The van der Waals surface area contributed by atoms with Gasteiger partial charge in [-0.05, 0) is 24.3 Å². The molecule has 0 atom stereocenters. The minimum atomic E-state index is -0.101. The van der Waals surface area contributed by atoms with Crippen LogP contribution in [0.15, 0.2) is 82.6 Å². The minimum absolute atomic E-state index is 0.0844. The molecular formula is C23H20N4O2S2. The summed E-state index contributed by atoms with van der Waals surface area (Å²) in [6, 6.07) is 16.8. The molecule has 0 spiro atoms. The smallest absolute Gasteiger partial charge is 0.262 e. The number of carbonyl (C=O) groups is 1. The SMILES string of the molecule is C=CCn1c(SCc2csc(N(C(C)=O)c3ccccc3)n2)nc2ccccc2c1=O. The number of nitrogens with zero attached hydrogens (tertiary/aromatic N) is 4. The van der Waals surface area contributed by atoms with Crippen molar-refractivity contribution >= 4 is 50.7 Å². The first kappa shape index (κ1) is 21.0. The van der Waals surface area contributed by atoms with Crippen molar-refractivity contribution in [2.45, 2.75) is 24.4 Å². The van der Waals surface area contributed by atoms with Crippen molar-refractivity contribution in [3.63, 3.8) is 0 Å². The van der Waals surface area contributed by atoms with Gasteiger partial charge in [-0.2, -0.15) is 0 Å². The molecule has 0 N–H and O–H groups in total. The Labute approximate surface area is 187 Å². The maximum Gasteiger partial charge on any atom is 0.262 e. The minimum Gasteiger partial charge on any atom is -0.283 e.